The summed E-state index contributed by atoms with van der Waals surface area (Å²) in [6, 6.07) is 2.44. The maximum Gasteiger partial charge on any atom is 0.241 e. The summed E-state index contributed by atoms with van der Waals surface area (Å²) in [7, 11) is -3.74. The van der Waals surface area contributed by atoms with Crippen molar-refractivity contribution in [2.75, 3.05) is 5.73 Å². The monoisotopic (exact) mass is 286 g/mol. The minimum atomic E-state index is -3.74. The number of hydrogen-bond donors (Lipinski definition) is 2. The van der Waals surface area contributed by atoms with E-state index in [0.29, 0.717) is 0 Å². The van der Waals surface area contributed by atoms with Crippen LogP contribution in [0.5, 0.6) is 0 Å². The SMILES string of the molecule is CCC1(NS(=O)(=O)c2cc(N)cc(F)c2C)CCC1. The van der Waals surface area contributed by atoms with Crippen molar-refractivity contribution in [1.82, 2.24) is 4.72 Å². The Hall–Kier alpha value is -1.14. The first kappa shape index (κ1) is 14.3. The Bertz CT molecular complexity index is 589. The van der Waals surface area contributed by atoms with Crippen LogP contribution in [-0.2, 0) is 10.0 Å². The number of halogens is 1. The van der Waals surface area contributed by atoms with Gasteiger partial charge in [-0.25, -0.2) is 17.5 Å². The first-order chi connectivity index (χ1) is 8.80. The molecule has 1 aromatic rings. The van der Waals surface area contributed by atoms with Gasteiger partial charge in [0, 0.05) is 16.8 Å². The summed E-state index contributed by atoms with van der Waals surface area (Å²) in [5.41, 5.74) is 5.38. The van der Waals surface area contributed by atoms with Gasteiger partial charge in [-0.15, -0.1) is 0 Å². The lowest BCUT2D eigenvalue weighted by Gasteiger charge is -2.41. The first-order valence-electron chi connectivity index (χ1n) is 6.39. The van der Waals surface area contributed by atoms with E-state index in [2.05, 4.69) is 4.72 Å². The standard InChI is InChI=1S/C13H19FN2O2S/c1-3-13(5-4-6-13)16-19(17,18)12-8-10(15)7-11(14)9(12)2/h7-8,16H,3-6,15H2,1-2H3. The Kier molecular flexibility index (Phi) is 3.57. The molecule has 0 aliphatic heterocycles. The van der Waals surface area contributed by atoms with Crippen LogP contribution in [0.25, 0.3) is 0 Å². The number of hydrogen-bond acceptors (Lipinski definition) is 3. The van der Waals surface area contributed by atoms with Gasteiger partial charge in [0.25, 0.3) is 0 Å². The van der Waals surface area contributed by atoms with Gasteiger partial charge in [-0.3, -0.25) is 0 Å². The van der Waals surface area contributed by atoms with E-state index >= 15 is 0 Å². The van der Waals surface area contributed by atoms with E-state index in [-0.39, 0.29) is 21.7 Å². The molecule has 0 saturated heterocycles. The van der Waals surface area contributed by atoms with Crippen LogP contribution in [0.2, 0.25) is 0 Å². The highest BCUT2D eigenvalue weighted by atomic mass is 32.2. The number of nitrogen functional groups attached to an aromatic ring is 1. The molecule has 0 atom stereocenters. The van der Waals surface area contributed by atoms with E-state index in [1.807, 2.05) is 6.92 Å². The molecule has 3 N–H and O–H groups in total. The van der Waals surface area contributed by atoms with Gasteiger partial charge in [-0.2, -0.15) is 0 Å². The Morgan fingerprint density at radius 1 is 1.42 bits per heavy atom. The minimum absolute atomic E-state index is 0.0651. The number of benzene rings is 1. The van der Waals surface area contributed by atoms with Gasteiger partial charge in [0.05, 0.1) is 4.90 Å². The molecule has 0 unspecified atom stereocenters. The van der Waals surface area contributed by atoms with E-state index in [0.717, 1.165) is 31.7 Å². The maximum atomic E-state index is 13.6. The van der Waals surface area contributed by atoms with Crippen LogP contribution in [0.15, 0.2) is 17.0 Å². The van der Waals surface area contributed by atoms with Crippen molar-refractivity contribution in [2.45, 2.75) is 50.0 Å². The molecule has 106 valence electrons. The Labute approximate surface area is 113 Å². The highest BCUT2D eigenvalue weighted by molar-refractivity contribution is 7.89. The minimum Gasteiger partial charge on any atom is -0.399 e. The summed E-state index contributed by atoms with van der Waals surface area (Å²) in [6.45, 7) is 3.40. The largest absolute Gasteiger partial charge is 0.399 e. The van der Waals surface area contributed by atoms with E-state index in [1.165, 1.54) is 13.0 Å². The van der Waals surface area contributed by atoms with E-state index in [4.69, 9.17) is 5.73 Å². The van der Waals surface area contributed by atoms with Crippen molar-refractivity contribution in [1.29, 1.82) is 0 Å². The van der Waals surface area contributed by atoms with Gasteiger partial charge in [-0.1, -0.05) is 6.92 Å². The third kappa shape index (κ3) is 2.60. The average molecular weight is 286 g/mol. The summed E-state index contributed by atoms with van der Waals surface area (Å²) >= 11 is 0. The number of rotatable bonds is 4. The lowest BCUT2D eigenvalue weighted by molar-refractivity contribution is 0.214. The van der Waals surface area contributed by atoms with Crippen molar-refractivity contribution < 1.29 is 12.8 Å². The quantitative estimate of drug-likeness (QED) is 0.834. The fourth-order valence-electron chi connectivity index (χ4n) is 2.42. The van der Waals surface area contributed by atoms with Crippen molar-refractivity contribution in [3.8, 4) is 0 Å². The predicted octanol–water partition coefficient (Wildman–Crippen LogP) is 2.33. The predicted molar refractivity (Wildman–Crippen MR) is 72.7 cm³/mol. The molecule has 19 heavy (non-hydrogen) atoms. The number of sulfonamides is 1. The molecule has 0 aromatic heterocycles. The Balaban J connectivity index is 2.40. The van der Waals surface area contributed by atoms with Gasteiger partial charge in [-0.05, 0) is 44.7 Å². The van der Waals surface area contributed by atoms with Crippen molar-refractivity contribution in [2.24, 2.45) is 0 Å². The van der Waals surface area contributed by atoms with Crippen LogP contribution in [0.4, 0.5) is 10.1 Å². The molecule has 0 amide bonds. The Morgan fingerprint density at radius 2 is 2.05 bits per heavy atom. The lowest BCUT2D eigenvalue weighted by Crippen LogP contribution is -2.52. The van der Waals surface area contributed by atoms with Crippen LogP contribution in [0.3, 0.4) is 0 Å². The van der Waals surface area contributed by atoms with Crippen molar-refractivity contribution in [3.05, 3.63) is 23.5 Å². The molecular formula is C13H19FN2O2S. The zero-order chi connectivity index (χ0) is 14.3. The zero-order valence-electron chi connectivity index (χ0n) is 11.2. The van der Waals surface area contributed by atoms with Gasteiger partial charge >= 0.3 is 0 Å². The first-order valence-corrected chi connectivity index (χ1v) is 7.87. The highest BCUT2D eigenvalue weighted by Crippen LogP contribution is 2.36. The van der Waals surface area contributed by atoms with Crippen LogP contribution in [0.1, 0.15) is 38.2 Å². The van der Waals surface area contributed by atoms with Gasteiger partial charge in [0.15, 0.2) is 0 Å². The van der Waals surface area contributed by atoms with Gasteiger partial charge in [0.2, 0.25) is 10.0 Å². The van der Waals surface area contributed by atoms with E-state index in [1.54, 1.807) is 0 Å². The second kappa shape index (κ2) is 4.76. The molecular weight excluding hydrogens is 267 g/mol. The molecule has 0 spiro atoms. The van der Waals surface area contributed by atoms with E-state index in [9.17, 15) is 12.8 Å². The third-order valence-electron chi connectivity index (χ3n) is 3.95. The summed E-state index contributed by atoms with van der Waals surface area (Å²) in [6.07, 6.45) is 3.40. The fourth-order valence-corrected chi connectivity index (χ4v) is 4.24. The van der Waals surface area contributed by atoms with Crippen molar-refractivity contribution in [3.63, 3.8) is 0 Å². The van der Waals surface area contributed by atoms with Crippen LogP contribution in [-0.4, -0.2) is 14.0 Å². The smallest absolute Gasteiger partial charge is 0.241 e. The molecule has 0 radical (unpaired) electrons. The second-order valence-corrected chi connectivity index (χ2v) is 6.87. The van der Waals surface area contributed by atoms with Crippen LogP contribution in [0, 0.1) is 12.7 Å². The zero-order valence-corrected chi connectivity index (χ0v) is 12.0. The number of nitrogens with one attached hydrogen (secondary N) is 1. The highest BCUT2D eigenvalue weighted by Gasteiger charge is 2.39. The molecule has 1 aliphatic rings. The average Bonchev–Trinajstić information content (AvgIpc) is 2.28. The van der Waals surface area contributed by atoms with E-state index < -0.39 is 15.8 Å². The molecule has 2 rings (SSSR count). The molecule has 1 aliphatic carbocycles. The topological polar surface area (TPSA) is 72.2 Å². The molecule has 0 heterocycles. The molecule has 4 nitrogen and oxygen atoms in total. The molecule has 1 aromatic carbocycles. The second-order valence-electron chi connectivity index (χ2n) is 5.22. The number of anilines is 1. The van der Waals surface area contributed by atoms with Crippen LogP contribution < -0.4 is 10.5 Å². The molecule has 1 fully saturated rings. The molecule has 1 saturated carbocycles. The fraction of sp³-hybridized carbons (Fsp3) is 0.538. The lowest BCUT2D eigenvalue weighted by atomic mass is 9.76. The summed E-state index contributed by atoms with van der Waals surface area (Å²) in [5, 5.41) is 0. The normalized spacial score (nSPS) is 18.1. The third-order valence-corrected chi connectivity index (χ3v) is 5.65. The summed E-state index contributed by atoms with van der Waals surface area (Å²) in [5.74, 6) is -0.598. The summed E-state index contributed by atoms with van der Waals surface area (Å²) < 4.78 is 41.1. The van der Waals surface area contributed by atoms with Crippen LogP contribution >= 0.6 is 0 Å². The molecule has 0 bridgehead atoms. The molecule has 6 heteroatoms. The van der Waals surface area contributed by atoms with Gasteiger partial charge in [0.1, 0.15) is 5.82 Å². The number of nitrogens with two attached hydrogens (primary N) is 1. The van der Waals surface area contributed by atoms with Gasteiger partial charge < -0.3 is 5.73 Å². The summed E-state index contributed by atoms with van der Waals surface area (Å²) in [4.78, 5) is -0.0651. The Morgan fingerprint density at radius 3 is 2.53 bits per heavy atom. The van der Waals surface area contributed by atoms with Crippen molar-refractivity contribution >= 4 is 15.7 Å². The maximum absolute atomic E-state index is 13.6.